The predicted octanol–water partition coefficient (Wildman–Crippen LogP) is 2.90. The number of benzene rings is 2. The third kappa shape index (κ3) is 6.20. The molecule has 0 unspecified atom stereocenters. The van der Waals surface area contributed by atoms with E-state index in [2.05, 4.69) is 10.2 Å². The molecule has 0 aliphatic carbocycles. The average molecular weight is 399 g/mol. The van der Waals surface area contributed by atoms with Crippen LogP contribution in [0.3, 0.4) is 0 Å². The summed E-state index contributed by atoms with van der Waals surface area (Å²) < 4.78 is 18.5. The van der Waals surface area contributed by atoms with E-state index < -0.39 is 10.7 Å². The lowest BCUT2D eigenvalue weighted by Crippen LogP contribution is -2.35. The largest absolute Gasteiger partial charge is 0.379 e. The van der Waals surface area contributed by atoms with E-state index in [4.69, 9.17) is 4.74 Å². The van der Waals surface area contributed by atoms with Crippen LogP contribution in [0.15, 0.2) is 48.5 Å². The minimum atomic E-state index is -0.699. The Morgan fingerprint density at radius 3 is 2.55 bits per heavy atom. The number of morpholine rings is 1. The molecule has 29 heavy (non-hydrogen) atoms. The van der Waals surface area contributed by atoms with E-state index in [0.717, 1.165) is 50.5 Å². The zero-order valence-corrected chi connectivity index (χ0v) is 15.8. The molecule has 3 rings (SSSR count). The van der Waals surface area contributed by atoms with Gasteiger partial charge in [-0.3, -0.25) is 19.8 Å². The van der Waals surface area contributed by atoms with Gasteiger partial charge in [-0.15, -0.1) is 0 Å². The standard InChI is InChI=1S/C21H22FN3O4/c22-19-7-5-18(20(13-19)25(27)28)6-8-21(26)23-14-16-1-3-17(4-2-16)15-24-9-11-29-12-10-24/h1-8,13H,9-12,14-15H2,(H,23,26). The number of amides is 1. The molecule has 0 aromatic heterocycles. The summed E-state index contributed by atoms with van der Waals surface area (Å²) >= 11 is 0. The van der Waals surface area contributed by atoms with Gasteiger partial charge in [0.2, 0.25) is 5.91 Å². The van der Waals surface area contributed by atoms with Crippen molar-refractivity contribution < 1.29 is 18.8 Å². The second kappa shape index (κ2) is 9.90. The Labute approximate surface area is 167 Å². The molecule has 7 nitrogen and oxygen atoms in total. The molecule has 1 amide bonds. The van der Waals surface area contributed by atoms with Crippen molar-refractivity contribution in [1.82, 2.24) is 10.2 Å². The lowest BCUT2D eigenvalue weighted by molar-refractivity contribution is -0.385. The molecule has 1 heterocycles. The second-order valence-corrected chi connectivity index (χ2v) is 6.72. The molecule has 0 radical (unpaired) electrons. The normalized spacial score (nSPS) is 14.8. The summed E-state index contributed by atoms with van der Waals surface area (Å²) in [7, 11) is 0. The van der Waals surface area contributed by atoms with Crippen molar-refractivity contribution >= 4 is 17.7 Å². The van der Waals surface area contributed by atoms with Crippen molar-refractivity contribution in [3.8, 4) is 0 Å². The van der Waals surface area contributed by atoms with Gasteiger partial charge >= 0.3 is 0 Å². The first kappa shape index (κ1) is 20.6. The van der Waals surface area contributed by atoms with Crippen LogP contribution in [0.4, 0.5) is 10.1 Å². The SMILES string of the molecule is O=C(C=Cc1ccc(F)cc1[N+](=O)[O-])NCc1ccc(CN2CCOCC2)cc1. The smallest absolute Gasteiger partial charge is 0.279 e. The van der Waals surface area contributed by atoms with Gasteiger partial charge in [0.15, 0.2) is 0 Å². The number of hydrogen-bond donors (Lipinski definition) is 1. The van der Waals surface area contributed by atoms with Gasteiger partial charge in [0.05, 0.1) is 29.8 Å². The van der Waals surface area contributed by atoms with E-state index in [1.165, 1.54) is 23.8 Å². The predicted molar refractivity (Wildman–Crippen MR) is 106 cm³/mol. The fraction of sp³-hybridized carbons (Fsp3) is 0.286. The first-order valence-corrected chi connectivity index (χ1v) is 9.29. The van der Waals surface area contributed by atoms with E-state index in [0.29, 0.717) is 6.54 Å². The molecule has 8 heteroatoms. The molecule has 0 spiro atoms. The number of carbonyl (C=O) groups excluding carboxylic acids is 1. The highest BCUT2D eigenvalue weighted by atomic mass is 19.1. The van der Waals surface area contributed by atoms with Crippen LogP contribution >= 0.6 is 0 Å². The number of hydrogen-bond acceptors (Lipinski definition) is 5. The number of nitro benzene ring substituents is 1. The maximum Gasteiger partial charge on any atom is 0.279 e. The number of ether oxygens (including phenoxy) is 1. The summed E-state index contributed by atoms with van der Waals surface area (Å²) in [5.41, 5.74) is 1.93. The molecule has 1 aliphatic rings. The molecule has 2 aromatic rings. The van der Waals surface area contributed by atoms with Crippen LogP contribution < -0.4 is 5.32 Å². The van der Waals surface area contributed by atoms with Gasteiger partial charge in [-0.05, 0) is 29.3 Å². The first-order chi connectivity index (χ1) is 14.0. The highest BCUT2D eigenvalue weighted by molar-refractivity contribution is 5.92. The van der Waals surface area contributed by atoms with Crippen molar-refractivity contribution in [1.29, 1.82) is 0 Å². The van der Waals surface area contributed by atoms with E-state index in [9.17, 15) is 19.3 Å². The van der Waals surface area contributed by atoms with E-state index in [1.807, 2.05) is 24.3 Å². The molecule has 2 aromatic carbocycles. The van der Waals surface area contributed by atoms with E-state index >= 15 is 0 Å². The molecule has 1 aliphatic heterocycles. The summed E-state index contributed by atoms with van der Waals surface area (Å²) in [6, 6.07) is 11.2. The van der Waals surface area contributed by atoms with Gasteiger partial charge < -0.3 is 10.1 Å². The Kier molecular flexibility index (Phi) is 7.04. The van der Waals surface area contributed by atoms with Crippen LogP contribution in [0.5, 0.6) is 0 Å². The maximum absolute atomic E-state index is 13.2. The number of carbonyl (C=O) groups is 1. The Balaban J connectivity index is 1.51. The van der Waals surface area contributed by atoms with Crippen molar-refractivity contribution in [3.05, 3.63) is 81.2 Å². The van der Waals surface area contributed by atoms with Crippen molar-refractivity contribution in [2.24, 2.45) is 0 Å². The quantitative estimate of drug-likeness (QED) is 0.440. The minimum Gasteiger partial charge on any atom is -0.379 e. The number of nitrogens with zero attached hydrogens (tertiary/aromatic N) is 2. The van der Waals surface area contributed by atoms with Crippen molar-refractivity contribution in [2.75, 3.05) is 26.3 Å². The topological polar surface area (TPSA) is 84.7 Å². The first-order valence-electron chi connectivity index (χ1n) is 9.29. The third-order valence-electron chi connectivity index (χ3n) is 4.60. The Hall–Kier alpha value is -3.10. The Morgan fingerprint density at radius 1 is 1.17 bits per heavy atom. The highest BCUT2D eigenvalue weighted by Gasteiger charge is 2.13. The van der Waals surface area contributed by atoms with Crippen molar-refractivity contribution in [2.45, 2.75) is 13.1 Å². The zero-order chi connectivity index (χ0) is 20.6. The molecule has 152 valence electrons. The Bertz CT molecular complexity index is 893. The summed E-state index contributed by atoms with van der Waals surface area (Å²) in [6.45, 7) is 4.59. The average Bonchev–Trinajstić information content (AvgIpc) is 2.73. The van der Waals surface area contributed by atoms with Crippen LogP contribution in [0, 0.1) is 15.9 Å². The molecule has 0 bridgehead atoms. The number of halogens is 1. The van der Waals surface area contributed by atoms with E-state index in [-0.39, 0.29) is 17.2 Å². The van der Waals surface area contributed by atoms with Gasteiger partial charge in [-0.2, -0.15) is 0 Å². The molecule has 1 fully saturated rings. The number of rotatable bonds is 7. The summed E-state index contributed by atoms with van der Waals surface area (Å²) in [6.07, 6.45) is 2.51. The summed E-state index contributed by atoms with van der Waals surface area (Å²) in [5.74, 6) is -1.09. The number of nitro groups is 1. The van der Waals surface area contributed by atoms with Crippen LogP contribution in [-0.4, -0.2) is 42.0 Å². The van der Waals surface area contributed by atoms with Crippen LogP contribution in [0.2, 0.25) is 0 Å². The minimum absolute atomic E-state index is 0.166. The van der Waals surface area contributed by atoms with Crippen molar-refractivity contribution in [3.63, 3.8) is 0 Å². The zero-order valence-electron chi connectivity index (χ0n) is 15.8. The van der Waals surface area contributed by atoms with Crippen LogP contribution in [0.25, 0.3) is 6.08 Å². The van der Waals surface area contributed by atoms with Gasteiger partial charge in [0.1, 0.15) is 5.82 Å². The lowest BCUT2D eigenvalue weighted by atomic mass is 10.1. The molecule has 0 saturated carbocycles. The third-order valence-corrected chi connectivity index (χ3v) is 4.60. The molecule has 1 saturated heterocycles. The van der Waals surface area contributed by atoms with Crippen LogP contribution in [-0.2, 0) is 22.6 Å². The molecule has 1 N–H and O–H groups in total. The number of nitrogens with one attached hydrogen (secondary N) is 1. The van der Waals surface area contributed by atoms with Gasteiger partial charge in [0, 0.05) is 32.3 Å². The maximum atomic E-state index is 13.2. The van der Waals surface area contributed by atoms with Gasteiger partial charge in [-0.1, -0.05) is 24.3 Å². The fourth-order valence-electron chi connectivity index (χ4n) is 3.01. The highest BCUT2D eigenvalue weighted by Crippen LogP contribution is 2.21. The molecular formula is C21H22FN3O4. The summed E-state index contributed by atoms with van der Waals surface area (Å²) in [4.78, 5) is 24.6. The lowest BCUT2D eigenvalue weighted by Gasteiger charge is -2.26. The fourth-order valence-corrected chi connectivity index (χ4v) is 3.01. The van der Waals surface area contributed by atoms with Crippen LogP contribution in [0.1, 0.15) is 16.7 Å². The van der Waals surface area contributed by atoms with Gasteiger partial charge in [0.25, 0.3) is 5.69 Å². The monoisotopic (exact) mass is 399 g/mol. The summed E-state index contributed by atoms with van der Waals surface area (Å²) in [5, 5.41) is 13.7. The molecule has 0 atom stereocenters. The van der Waals surface area contributed by atoms with E-state index in [1.54, 1.807) is 0 Å². The van der Waals surface area contributed by atoms with Gasteiger partial charge in [-0.25, -0.2) is 4.39 Å². The second-order valence-electron chi connectivity index (χ2n) is 6.72. The molecular weight excluding hydrogens is 377 g/mol. The Morgan fingerprint density at radius 2 is 1.86 bits per heavy atom.